The van der Waals surface area contributed by atoms with Crippen LogP contribution in [0.3, 0.4) is 0 Å². The zero-order chi connectivity index (χ0) is 21.1. The van der Waals surface area contributed by atoms with Crippen molar-refractivity contribution >= 4 is 17.7 Å². The molecule has 4 rings (SSSR count). The summed E-state index contributed by atoms with van der Waals surface area (Å²) < 4.78 is 22.9. The van der Waals surface area contributed by atoms with Gasteiger partial charge >= 0.3 is 5.97 Å². The lowest BCUT2D eigenvalue weighted by atomic mass is 9.86. The second kappa shape index (κ2) is 8.32. The Hall–Kier alpha value is -3.75. The Labute approximate surface area is 172 Å². The number of benzene rings is 1. The molecular weight excluding hydrogens is 390 g/mol. The first-order chi connectivity index (χ1) is 14.6. The molecule has 1 aliphatic heterocycles. The Morgan fingerprint density at radius 1 is 1.27 bits per heavy atom. The molecular formula is C21H21N3O6. The summed E-state index contributed by atoms with van der Waals surface area (Å²) in [6.45, 7) is 0.118. The highest BCUT2D eigenvalue weighted by Crippen LogP contribution is 2.44. The van der Waals surface area contributed by atoms with Crippen LogP contribution in [0.1, 0.15) is 29.2 Å². The number of nitrogens with zero attached hydrogens (tertiary/aromatic N) is 2. The van der Waals surface area contributed by atoms with Gasteiger partial charge < -0.3 is 23.9 Å². The molecule has 0 saturated carbocycles. The number of para-hydroxylation sites is 1. The molecule has 0 radical (unpaired) electrons. The zero-order valence-electron chi connectivity index (χ0n) is 16.6. The molecule has 1 aliphatic rings. The molecule has 1 aromatic carbocycles. The minimum atomic E-state index is -0.514. The van der Waals surface area contributed by atoms with Crippen molar-refractivity contribution < 1.29 is 28.2 Å². The van der Waals surface area contributed by atoms with Crippen LogP contribution in [0.5, 0.6) is 11.5 Å². The van der Waals surface area contributed by atoms with E-state index in [9.17, 15) is 9.59 Å². The highest BCUT2D eigenvalue weighted by Gasteiger charge is 2.33. The molecule has 1 atom stereocenters. The van der Waals surface area contributed by atoms with Crippen molar-refractivity contribution in [2.45, 2.75) is 18.9 Å². The van der Waals surface area contributed by atoms with Gasteiger partial charge in [-0.25, -0.2) is 9.48 Å². The number of furan rings is 1. The maximum atomic E-state index is 12.5. The molecule has 3 heterocycles. The maximum Gasteiger partial charge on any atom is 0.343 e. The van der Waals surface area contributed by atoms with E-state index in [2.05, 4.69) is 15.2 Å². The third-order valence-corrected chi connectivity index (χ3v) is 4.94. The number of aromatic nitrogens is 2. The van der Waals surface area contributed by atoms with E-state index in [0.717, 1.165) is 16.9 Å². The normalized spacial score (nSPS) is 15.3. The van der Waals surface area contributed by atoms with E-state index in [4.69, 9.17) is 13.9 Å². The van der Waals surface area contributed by atoms with Crippen LogP contribution in [0.15, 0.2) is 47.2 Å². The smallest absolute Gasteiger partial charge is 0.343 e. The van der Waals surface area contributed by atoms with E-state index in [1.807, 2.05) is 18.2 Å². The number of carbonyl (C=O) groups excluding carboxylic acids is 2. The van der Waals surface area contributed by atoms with Crippen LogP contribution in [-0.2, 0) is 20.9 Å². The van der Waals surface area contributed by atoms with Crippen molar-refractivity contribution in [2.24, 2.45) is 0 Å². The average Bonchev–Trinajstić information content (AvgIpc) is 3.41. The van der Waals surface area contributed by atoms with Crippen LogP contribution < -0.4 is 14.8 Å². The molecule has 1 N–H and O–H groups in total. The summed E-state index contributed by atoms with van der Waals surface area (Å²) in [5, 5.41) is 7.34. The number of hydrogen-bond donors (Lipinski definition) is 1. The van der Waals surface area contributed by atoms with Crippen molar-refractivity contribution in [2.75, 3.05) is 26.1 Å². The minimum absolute atomic E-state index is 0.143. The van der Waals surface area contributed by atoms with Gasteiger partial charge in [-0.2, -0.15) is 5.10 Å². The summed E-state index contributed by atoms with van der Waals surface area (Å²) >= 11 is 0. The molecule has 0 saturated heterocycles. The number of hydrogen-bond acceptors (Lipinski definition) is 7. The summed E-state index contributed by atoms with van der Waals surface area (Å²) in [6.07, 6.45) is 3.53. The second-order valence-corrected chi connectivity index (χ2v) is 6.73. The van der Waals surface area contributed by atoms with E-state index >= 15 is 0 Å². The first-order valence-corrected chi connectivity index (χ1v) is 9.35. The Morgan fingerprint density at radius 3 is 2.87 bits per heavy atom. The summed E-state index contributed by atoms with van der Waals surface area (Å²) in [5.74, 6) is 1.22. The fourth-order valence-electron chi connectivity index (χ4n) is 3.53. The summed E-state index contributed by atoms with van der Waals surface area (Å²) in [5.41, 5.74) is 1.57. The third-order valence-electron chi connectivity index (χ3n) is 4.94. The first-order valence-electron chi connectivity index (χ1n) is 9.35. The molecule has 0 spiro atoms. The summed E-state index contributed by atoms with van der Waals surface area (Å²) in [6, 6.07) is 9.05. The number of esters is 1. The molecule has 0 aliphatic carbocycles. The Bertz CT molecular complexity index is 1060. The molecule has 9 heteroatoms. The SMILES string of the molecule is COC(=O)COc1c(OC)cccc1C1CC(=O)Nc2c1cnn2Cc1ccco1. The van der Waals surface area contributed by atoms with E-state index in [-0.39, 0.29) is 24.9 Å². The summed E-state index contributed by atoms with van der Waals surface area (Å²) in [4.78, 5) is 24.1. The number of methoxy groups -OCH3 is 2. The lowest BCUT2D eigenvalue weighted by Gasteiger charge is -2.26. The highest BCUT2D eigenvalue weighted by molar-refractivity contribution is 5.94. The van der Waals surface area contributed by atoms with E-state index in [1.165, 1.54) is 14.2 Å². The Morgan fingerprint density at radius 2 is 2.13 bits per heavy atom. The molecule has 1 unspecified atom stereocenters. The largest absolute Gasteiger partial charge is 0.493 e. The third kappa shape index (κ3) is 3.73. The van der Waals surface area contributed by atoms with Crippen LogP contribution in [0.2, 0.25) is 0 Å². The molecule has 156 valence electrons. The van der Waals surface area contributed by atoms with Crippen molar-refractivity contribution in [1.29, 1.82) is 0 Å². The summed E-state index contributed by atoms with van der Waals surface area (Å²) in [7, 11) is 2.81. The minimum Gasteiger partial charge on any atom is -0.493 e. The number of rotatable bonds is 7. The van der Waals surface area contributed by atoms with Gasteiger partial charge in [0.15, 0.2) is 18.1 Å². The predicted octanol–water partition coefficient (Wildman–Crippen LogP) is 2.56. The fourth-order valence-corrected chi connectivity index (χ4v) is 3.53. The van der Waals surface area contributed by atoms with Crippen LogP contribution in [0.25, 0.3) is 0 Å². The molecule has 2 aromatic heterocycles. The van der Waals surface area contributed by atoms with Crippen LogP contribution in [0, 0.1) is 0 Å². The number of fused-ring (bicyclic) bond motifs is 1. The maximum absolute atomic E-state index is 12.5. The Balaban J connectivity index is 1.72. The first kappa shape index (κ1) is 19.6. The number of carbonyl (C=O) groups is 2. The Kier molecular flexibility index (Phi) is 5.42. The quantitative estimate of drug-likeness (QED) is 0.596. The topological polar surface area (TPSA) is 105 Å². The van der Waals surface area contributed by atoms with Crippen LogP contribution in [-0.4, -0.2) is 42.5 Å². The van der Waals surface area contributed by atoms with Gasteiger partial charge in [-0.05, 0) is 18.2 Å². The number of nitrogens with one attached hydrogen (secondary N) is 1. The van der Waals surface area contributed by atoms with Gasteiger partial charge in [-0.15, -0.1) is 0 Å². The zero-order valence-corrected chi connectivity index (χ0v) is 16.6. The number of amides is 1. The average molecular weight is 411 g/mol. The van der Waals surface area contributed by atoms with E-state index < -0.39 is 5.97 Å². The predicted molar refractivity (Wildman–Crippen MR) is 106 cm³/mol. The van der Waals surface area contributed by atoms with Gasteiger partial charge in [0.05, 0.1) is 26.7 Å². The monoisotopic (exact) mass is 411 g/mol. The van der Waals surface area contributed by atoms with Gasteiger partial charge in [-0.1, -0.05) is 12.1 Å². The van der Waals surface area contributed by atoms with Crippen LogP contribution in [0.4, 0.5) is 5.82 Å². The molecule has 0 bridgehead atoms. The van der Waals surface area contributed by atoms with E-state index in [1.54, 1.807) is 29.3 Å². The molecule has 1 amide bonds. The lowest BCUT2D eigenvalue weighted by Crippen LogP contribution is -2.25. The van der Waals surface area contributed by atoms with Gasteiger partial charge in [0.25, 0.3) is 0 Å². The fraction of sp³-hybridized carbons (Fsp3) is 0.286. The van der Waals surface area contributed by atoms with Gasteiger partial charge in [0, 0.05) is 23.5 Å². The van der Waals surface area contributed by atoms with Gasteiger partial charge in [0.2, 0.25) is 5.91 Å². The second-order valence-electron chi connectivity index (χ2n) is 6.73. The molecule has 30 heavy (non-hydrogen) atoms. The molecule has 3 aromatic rings. The van der Waals surface area contributed by atoms with Crippen molar-refractivity contribution in [3.8, 4) is 11.5 Å². The van der Waals surface area contributed by atoms with Crippen molar-refractivity contribution in [3.05, 3.63) is 59.7 Å². The molecule has 9 nitrogen and oxygen atoms in total. The molecule has 0 fully saturated rings. The lowest BCUT2D eigenvalue weighted by molar-refractivity contribution is -0.143. The highest BCUT2D eigenvalue weighted by atomic mass is 16.6. The van der Waals surface area contributed by atoms with Crippen LogP contribution >= 0.6 is 0 Å². The van der Waals surface area contributed by atoms with Crippen molar-refractivity contribution in [3.63, 3.8) is 0 Å². The van der Waals surface area contributed by atoms with E-state index in [0.29, 0.717) is 23.9 Å². The number of anilines is 1. The number of ether oxygens (including phenoxy) is 3. The standard InChI is InChI=1S/C21H21N3O6/c1-27-17-7-3-6-14(20(17)30-12-19(26)28-2)15-9-18(25)23-21-16(15)10-22-24(21)11-13-5-4-8-29-13/h3-8,10,15H,9,11-12H2,1-2H3,(H,23,25). The van der Waals surface area contributed by atoms with Gasteiger partial charge in [0.1, 0.15) is 18.1 Å². The van der Waals surface area contributed by atoms with Gasteiger partial charge in [-0.3, -0.25) is 4.79 Å². The van der Waals surface area contributed by atoms with Crippen molar-refractivity contribution in [1.82, 2.24) is 9.78 Å².